The summed E-state index contributed by atoms with van der Waals surface area (Å²) >= 11 is 0. The molecule has 1 aromatic heterocycles. The van der Waals surface area contributed by atoms with Crippen LogP contribution in [0, 0.1) is 0 Å². The number of aromatic nitrogens is 1. The first-order valence-electron chi connectivity index (χ1n) is 6.48. The van der Waals surface area contributed by atoms with Crippen molar-refractivity contribution in [3.05, 3.63) is 23.9 Å². The minimum atomic E-state index is -0.334. The fraction of sp³-hybridized carbons (Fsp3) is 0.571. The van der Waals surface area contributed by atoms with Crippen LogP contribution in [0.15, 0.2) is 18.3 Å². The molecule has 1 N–H and O–H groups in total. The van der Waals surface area contributed by atoms with Crippen molar-refractivity contribution in [3.63, 3.8) is 0 Å². The van der Waals surface area contributed by atoms with E-state index in [2.05, 4.69) is 28.9 Å². The molecule has 4 heteroatoms. The van der Waals surface area contributed by atoms with Crippen molar-refractivity contribution in [1.29, 1.82) is 0 Å². The van der Waals surface area contributed by atoms with Gasteiger partial charge in [-0.3, -0.25) is 0 Å². The molecule has 1 rings (SSSR count). The molecule has 100 valence electrons. The number of unbranched alkanes of at least 4 members (excludes halogenated alkanes) is 2. The molecule has 0 aliphatic heterocycles. The van der Waals surface area contributed by atoms with Crippen LogP contribution in [-0.4, -0.2) is 24.1 Å². The monoisotopic (exact) mass is 250 g/mol. The summed E-state index contributed by atoms with van der Waals surface area (Å²) in [7, 11) is 1.38. The number of esters is 1. The number of anilines is 1. The topological polar surface area (TPSA) is 51.2 Å². The van der Waals surface area contributed by atoms with Gasteiger partial charge in [-0.25, -0.2) is 9.78 Å². The maximum atomic E-state index is 11.4. The van der Waals surface area contributed by atoms with E-state index in [-0.39, 0.29) is 5.97 Å². The number of nitrogens with one attached hydrogen (secondary N) is 1. The van der Waals surface area contributed by atoms with Crippen LogP contribution in [0.4, 0.5) is 5.82 Å². The number of hydrogen-bond donors (Lipinski definition) is 1. The van der Waals surface area contributed by atoms with Crippen molar-refractivity contribution >= 4 is 11.8 Å². The standard InChI is InChI=1S/C14H22N2O2/c1-4-5-6-7-11(2)16-13-10-12(8-9-15-13)14(17)18-3/h8-11H,4-7H2,1-3H3,(H,15,16). The summed E-state index contributed by atoms with van der Waals surface area (Å²) < 4.78 is 4.68. The lowest BCUT2D eigenvalue weighted by molar-refractivity contribution is 0.0600. The fourth-order valence-corrected chi connectivity index (χ4v) is 1.78. The first-order chi connectivity index (χ1) is 8.67. The maximum absolute atomic E-state index is 11.4. The number of pyridine rings is 1. The Bertz CT molecular complexity index is 380. The molecular weight excluding hydrogens is 228 g/mol. The third-order valence-corrected chi connectivity index (χ3v) is 2.82. The van der Waals surface area contributed by atoms with E-state index in [4.69, 9.17) is 0 Å². The lowest BCUT2D eigenvalue weighted by Gasteiger charge is -2.14. The quantitative estimate of drug-likeness (QED) is 0.596. The molecule has 4 nitrogen and oxygen atoms in total. The highest BCUT2D eigenvalue weighted by atomic mass is 16.5. The number of rotatable bonds is 7. The minimum Gasteiger partial charge on any atom is -0.465 e. The summed E-state index contributed by atoms with van der Waals surface area (Å²) in [6.07, 6.45) is 6.41. The summed E-state index contributed by atoms with van der Waals surface area (Å²) in [6, 6.07) is 3.73. The van der Waals surface area contributed by atoms with Crippen molar-refractivity contribution in [2.24, 2.45) is 0 Å². The number of hydrogen-bond acceptors (Lipinski definition) is 4. The Hall–Kier alpha value is -1.58. The molecule has 0 saturated carbocycles. The zero-order valence-corrected chi connectivity index (χ0v) is 11.4. The van der Waals surface area contributed by atoms with E-state index >= 15 is 0 Å². The first-order valence-corrected chi connectivity index (χ1v) is 6.48. The molecule has 18 heavy (non-hydrogen) atoms. The molecule has 1 unspecified atom stereocenters. The molecule has 0 aliphatic carbocycles. The Kier molecular flexibility index (Phi) is 6.19. The molecule has 1 atom stereocenters. The molecule has 0 spiro atoms. The van der Waals surface area contributed by atoms with E-state index in [0.717, 1.165) is 12.2 Å². The Morgan fingerprint density at radius 1 is 1.50 bits per heavy atom. The second-order valence-corrected chi connectivity index (χ2v) is 4.46. The number of carbonyl (C=O) groups excluding carboxylic acids is 1. The van der Waals surface area contributed by atoms with Crippen LogP contribution >= 0.6 is 0 Å². The van der Waals surface area contributed by atoms with Gasteiger partial charge in [0, 0.05) is 12.2 Å². The van der Waals surface area contributed by atoms with Gasteiger partial charge in [-0.15, -0.1) is 0 Å². The Morgan fingerprint density at radius 2 is 2.28 bits per heavy atom. The lowest BCUT2D eigenvalue weighted by atomic mass is 10.1. The molecule has 0 aliphatic rings. The van der Waals surface area contributed by atoms with Gasteiger partial charge in [-0.05, 0) is 25.5 Å². The zero-order valence-electron chi connectivity index (χ0n) is 11.4. The van der Waals surface area contributed by atoms with Crippen LogP contribution in [0.5, 0.6) is 0 Å². The second kappa shape index (κ2) is 7.69. The van der Waals surface area contributed by atoms with Gasteiger partial charge in [0.25, 0.3) is 0 Å². The van der Waals surface area contributed by atoms with Crippen molar-refractivity contribution in [1.82, 2.24) is 4.98 Å². The first kappa shape index (κ1) is 14.5. The van der Waals surface area contributed by atoms with Crippen LogP contribution in [0.1, 0.15) is 49.9 Å². The van der Waals surface area contributed by atoms with E-state index < -0.39 is 0 Å². The van der Waals surface area contributed by atoms with Gasteiger partial charge in [0.2, 0.25) is 0 Å². The fourth-order valence-electron chi connectivity index (χ4n) is 1.78. The summed E-state index contributed by atoms with van der Waals surface area (Å²) in [4.78, 5) is 15.6. The smallest absolute Gasteiger partial charge is 0.338 e. The Labute approximate surface area is 109 Å². The normalized spacial score (nSPS) is 11.9. The molecule has 0 saturated heterocycles. The summed E-state index contributed by atoms with van der Waals surface area (Å²) in [6.45, 7) is 4.32. The SMILES string of the molecule is CCCCCC(C)Nc1cc(C(=O)OC)ccn1. The Balaban J connectivity index is 2.53. The molecular formula is C14H22N2O2. The van der Waals surface area contributed by atoms with Crippen molar-refractivity contribution in [2.45, 2.75) is 45.6 Å². The van der Waals surface area contributed by atoms with Gasteiger partial charge in [-0.1, -0.05) is 26.2 Å². The second-order valence-electron chi connectivity index (χ2n) is 4.46. The van der Waals surface area contributed by atoms with Crippen molar-refractivity contribution in [2.75, 3.05) is 12.4 Å². The van der Waals surface area contributed by atoms with Gasteiger partial charge < -0.3 is 10.1 Å². The average Bonchev–Trinajstić information content (AvgIpc) is 2.38. The molecule has 0 aromatic carbocycles. The highest BCUT2D eigenvalue weighted by molar-refractivity contribution is 5.89. The van der Waals surface area contributed by atoms with Crippen molar-refractivity contribution < 1.29 is 9.53 Å². The molecule has 1 heterocycles. The number of methoxy groups -OCH3 is 1. The van der Waals surface area contributed by atoms with E-state index in [1.165, 1.54) is 26.4 Å². The third kappa shape index (κ3) is 4.73. The number of nitrogens with zero attached hydrogens (tertiary/aromatic N) is 1. The van der Waals surface area contributed by atoms with Gasteiger partial charge in [-0.2, -0.15) is 0 Å². The number of ether oxygens (including phenoxy) is 1. The predicted molar refractivity (Wildman–Crippen MR) is 72.8 cm³/mol. The van der Waals surface area contributed by atoms with Gasteiger partial charge in [0.15, 0.2) is 0 Å². The van der Waals surface area contributed by atoms with Crippen molar-refractivity contribution in [3.8, 4) is 0 Å². The van der Waals surface area contributed by atoms with E-state index in [1.807, 2.05) is 0 Å². The van der Waals surface area contributed by atoms with E-state index in [9.17, 15) is 4.79 Å². The van der Waals surface area contributed by atoms with Gasteiger partial charge in [0.1, 0.15) is 5.82 Å². The summed E-state index contributed by atoms with van der Waals surface area (Å²) in [5, 5.41) is 3.30. The minimum absolute atomic E-state index is 0.334. The van der Waals surface area contributed by atoms with Crippen LogP contribution in [0.2, 0.25) is 0 Å². The van der Waals surface area contributed by atoms with Gasteiger partial charge >= 0.3 is 5.97 Å². The zero-order chi connectivity index (χ0) is 13.4. The molecule has 0 fully saturated rings. The maximum Gasteiger partial charge on any atom is 0.338 e. The predicted octanol–water partition coefficient (Wildman–Crippen LogP) is 3.25. The summed E-state index contributed by atoms with van der Waals surface area (Å²) in [5.74, 6) is 0.390. The van der Waals surface area contributed by atoms with Gasteiger partial charge in [0.05, 0.1) is 12.7 Å². The summed E-state index contributed by atoms with van der Waals surface area (Å²) in [5.41, 5.74) is 0.524. The molecule has 1 aromatic rings. The highest BCUT2D eigenvalue weighted by Crippen LogP contribution is 2.12. The van der Waals surface area contributed by atoms with Crippen LogP contribution in [0.3, 0.4) is 0 Å². The highest BCUT2D eigenvalue weighted by Gasteiger charge is 2.08. The molecule has 0 bridgehead atoms. The third-order valence-electron chi connectivity index (χ3n) is 2.82. The van der Waals surface area contributed by atoms with Crippen LogP contribution in [-0.2, 0) is 4.74 Å². The van der Waals surface area contributed by atoms with Crippen LogP contribution in [0.25, 0.3) is 0 Å². The Morgan fingerprint density at radius 3 is 2.94 bits per heavy atom. The molecule has 0 radical (unpaired) electrons. The molecule has 0 amide bonds. The van der Waals surface area contributed by atoms with E-state index in [1.54, 1.807) is 18.3 Å². The average molecular weight is 250 g/mol. The largest absolute Gasteiger partial charge is 0.465 e. The van der Waals surface area contributed by atoms with Crippen LogP contribution < -0.4 is 5.32 Å². The lowest BCUT2D eigenvalue weighted by Crippen LogP contribution is -2.16. The van der Waals surface area contributed by atoms with E-state index in [0.29, 0.717) is 11.6 Å². The number of carbonyl (C=O) groups is 1.